The quantitative estimate of drug-likeness (QED) is 0.718. The van der Waals surface area contributed by atoms with Gasteiger partial charge in [0.25, 0.3) is 0 Å². The number of rotatable bonds is 9. The van der Waals surface area contributed by atoms with Crippen LogP contribution in [0.1, 0.15) is 6.42 Å². The van der Waals surface area contributed by atoms with Crippen molar-refractivity contribution in [3.8, 4) is 17.2 Å². The Bertz CT molecular complexity index is 734. The van der Waals surface area contributed by atoms with E-state index in [0.717, 1.165) is 0 Å². The molecule has 0 aliphatic heterocycles. The van der Waals surface area contributed by atoms with Gasteiger partial charge in [-0.1, -0.05) is 18.2 Å². The van der Waals surface area contributed by atoms with Crippen LogP contribution in [-0.4, -0.2) is 39.2 Å². The molecule has 0 radical (unpaired) electrons. The maximum Gasteiger partial charge on any atom is 0.243 e. The summed E-state index contributed by atoms with van der Waals surface area (Å²) >= 11 is 0. The van der Waals surface area contributed by atoms with Gasteiger partial charge in [-0.2, -0.15) is 0 Å². The third-order valence-corrected chi connectivity index (χ3v) is 3.47. The average molecular weight is 358 g/mol. The highest BCUT2D eigenvalue weighted by atomic mass is 16.5. The SMILES string of the molecule is COc1ccc(NC(=O)CNC(=O)CCOc2ccccc2)c(OC)c1. The lowest BCUT2D eigenvalue weighted by molar-refractivity contribution is -0.124. The maximum absolute atomic E-state index is 12.0. The molecule has 0 spiro atoms. The number of carbonyl (C=O) groups is 2. The first-order chi connectivity index (χ1) is 12.6. The Labute approximate surface area is 152 Å². The molecule has 0 aliphatic carbocycles. The lowest BCUT2D eigenvalue weighted by atomic mass is 10.2. The minimum absolute atomic E-state index is 0.140. The number of ether oxygens (including phenoxy) is 3. The molecule has 2 N–H and O–H groups in total. The minimum atomic E-state index is -0.356. The number of anilines is 1. The Morgan fingerprint density at radius 1 is 0.923 bits per heavy atom. The van der Waals surface area contributed by atoms with Crippen LogP contribution in [0.5, 0.6) is 17.2 Å². The summed E-state index contributed by atoms with van der Waals surface area (Å²) in [7, 11) is 3.04. The molecular weight excluding hydrogens is 336 g/mol. The molecule has 2 amide bonds. The van der Waals surface area contributed by atoms with E-state index in [1.54, 1.807) is 25.3 Å². The highest BCUT2D eigenvalue weighted by Crippen LogP contribution is 2.28. The largest absolute Gasteiger partial charge is 0.497 e. The smallest absolute Gasteiger partial charge is 0.243 e. The van der Waals surface area contributed by atoms with Gasteiger partial charge in [0, 0.05) is 6.07 Å². The van der Waals surface area contributed by atoms with Gasteiger partial charge in [-0.25, -0.2) is 0 Å². The number of nitrogens with one attached hydrogen (secondary N) is 2. The molecule has 0 aromatic heterocycles. The number of hydrogen-bond donors (Lipinski definition) is 2. The number of amides is 2. The van der Waals surface area contributed by atoms with Crippen LogP contribution in [-0.2, 0) is 9.59 Å². The van der Waals surface area contributed by atoms with E-state index >= 15 is 0 Å². The van der Waals surface area contributed by atoms with Gasteiger partial charge in [0.05, 0.1) is 39.5 Å². The zero-order valence-electron chi connectivity index (χ0n) is 14.8. The first-order valence-corrected chi connectivity index (χ1v) is 8.09. The molecule has 2 aromatic carbocycles. The van der Waals surface area contributed by atoms with E-state index in [-0.39, 0.29) is 31.4 Å². The fourth-order valence-electron chi connectivity index (χ4n) is 2.14. The average Bonchev–Trinajstić information content (AvgIpc) is 2.67. The second kappa shape index (κ2) is 9.93. The molecule has 0 aliphatic rings. The van der Waals surface area contributed by atoms with Crippen LogP contribution in [0.15, 0.2) is 48.5 Å². The molecule has 7 heteroatoms. The van der Waals surface area contributed by atoms with Crippen LogP contribution in [0.3, 0.4) is 0 Å². The maximum atomic E-state index is 12.0. The zero-order valence-corrected chi connectivity index (χ0v) is 14.8. The summed E-state index contributed by atoms with van der Waals surface area (Å²) in [5.41, 5.74) is 0.500. The number of para-hydroxylation sites is 1. The summed E-state index contributed by atoms with van der Waals surface area (Å²) in [6.45, 7) is 0.100. The Morgan fingerprint density at radius 3 is 2.38 bits per heavy atom. The lowest BCUT2D eigenvalue weighted by Crippen LogP contribution is -2.33. The predicted octanol–water partition coefficient (Wildman–Crippen LogP) is 2.23. The van der Waals surface area contributed by atoms with Crippen LogP contribution >= 0.6 is 0 Å². The van der Waals surface area contributed by atoms with Crippen molar-refractivity contribution in [3.63, 3.8) is 0 Å². The summed E-state index contributed by atoms with van der Waals surface area (Å²) in [5.74, 6) is 1.17. The molecule has 0 atom stereocenters. The zero-order chi connectivity index (χ0) is 18.8. The summed E-state index contributed by atoms with van der Waals surface area (Å²) in [6.07, 6.45) is 0.161. The van der Waals surface area contributed by atoms with E-state index < -0.39 is 0 Å². The van der Waals surface area contributed by atoms with Gasteiger partial charge >= 0.3 is 0 Å². The third kappa shape index (κ3) is 6.01. The van der Waals surface area contributed by atoms with Gasteiger partial charge in [-0.15, -0.1) is 0 Å². The lowest BCUT2D eigenvalue weighted by Gasteiger charge is -2.12. The summed E-state index contributed by atoms with van der Waals surface area (Å²) in [4.78, 5) is 23.8. The van der Waals surface area contributed by atoms with Gasteiger partial charge in [-0.3, -0.25) is 9.59 Å². The molecule has 2 aromatic rings. The summed E-state index contributed by atoms with van der Waals surface area (Å²) < 4.78 is 15.8. The van der Waals surface area contributed by atoms with E-state index in [4.69, 9.17) is 14.2 Å². The summed E-state index contributed by atoms with van der Waals surface area (Å²) in [6, 6.07) is 14.3. The number of methoxy groups -OCH3 is 2. The van der Waals surface area contributed by atoms with Crippen LogP contribution in [0.4, 0.5) is 5.69 Å². The van der Waals surface area contributed by atoms with Crippen molar-refractivity contribution in [2.75, 3.05) is 32.7 Å². The van der Waals surface area contributed by atoms with Crippen molar-refractivity contribution in [1.82, 2.24) is 5.32 Å². The monoisotopic (exact) mass is 358 g/mol. The Hall–Kier alpha value is -3.22. The Kier molecular flexibility index (Phi) is 7.30. The van der Waals surface area contributed by atoms with Crippen molar-refractivity contribution in [2.24, 2.45) is 0 Å². The van der Waals surface area contributed by atoms with Gasteiger partial charge in [0.1, 0.15) is 17.2 Å². The van der Waals surface area contributed by atoms with Crippen LogP contribution in [0, 0.1) is 0 Å². The molecule has 0 unspecified atom stereocenters. The van der Waals surface area contributed by atoms with Crippen LogP contribution < -0.4 is 24.8 Å². The molecule has 26 heavy (non-hydrogen) atoms. The fraction of sp³-hybridized carbons (Fsp3) is 0.263. The molecule has 0 saturated carbocycles. The Morgan fingerprint density at radius 2 is 1.69 bits per heavy atom. The van der Waals surface area contributed by atoms with E-state index in [9.17, 15) is 9.59 Å². The van der Waals surface area contributed by atoms with Gasteiger partial charge in [0.15, 0.2) is 0 Å². The predicted molar refractivity (Wildman–Crippen MR) is 97.7 cm³/mol. The molecule has 2 rings (SSSR count). The van der Waals surface area contributed by atoms with E-state index in [2.05, 4.69) is 10.6 Å². The second-order valence-corrected chi connectivity index (χ2v) is 5.30. The molecule has 0 heterocycles. The van der Waals surface area contributed by atoms with Crippen LogP contribution in [0.2, 0.25) is 0 Å². The van der Waals surface area contributed by atoms with Crippen molar-refractivity contribution < 1.29 is 23.8 Å². The van der Waals surface area contributed by atoms with E-state index in [1.165, 1.54) is 7.11 Å². The second-order valence-electron chi connectivity index (χ2n) is 5.30. The normalized spacial score (nSPS) is 9.92. The number of benzene rings is 2. The standard InChI is InChI=1S/C19H22N2O5/c1-24-15-8-9-16(17(12-15)25-2)21-19(23)13-20-18(22)10-11-26-14-6-4-3-5-7-14/h3-9,12H,10-11,13H2,1-2H3,(H,20,22)(H,21,23). The van der Waals surface area contributed by atoms with Crippen molar-refractivity contribution >= 4 is 17.5 Å². The highest BCUT2D eigenvalue weighted by Gasteiger charge is 2.10. The molecule has 7 nitrogen and oxygen atoms in total. The molecule has 0 bridgehead atoms. The van der Waals surface area contributed by atoms with Crippen molar-refractivity contribution in [1.29, 1.82) is 0 Å². The minimum Gasteiger partial charge on any atom is -0.497 e. The molecule has 0 fully saturated rings. The molecule has 0 saturated heterocycles. The third-order valence-electron chi connectivity index (χ3n) is 3.47. The fourth-order valence-corrected chi connectivity index (χ4v) is 2.14. The van der Waals surface area contributed by atoms with Crippen molar-refractivity contribution in [2.45, 2.75) is 6.42 Å². The van der Waals surface area contributed by atoms with E-state index in [1.807, 2.05) is 30.3 Å². The van der Waals surface area contributed by atoms with Gasteiger partial charge in [0.2, 0.25) is 11.8 Å². The first kappa shape index (κ1) is 19.1. The summed E-state index contributed by atoms with van der Waals surface area (Å²) in [5, 5.41) is 5.24. The van der Waals surface area contributed by atoms with Gasteiger partial charge < -0.3 is 24.8 Å². The number of carbonyl (C=O) groups excluding carboxylic acids is 2. The van der Waals surface area contributed by atoms with Gasteiger partial charge in [-0.05, 0) is 24.3 Å². The van der Waals surface area contributed by atoms with E-state index in [0.29, 0.717) is 22.9 Å². The first-order valence-electron chi connectivity index (χ1n) is 8.09. The van der Waals surface area contributed by atoms with Crippen LogP contribution in [0.25, 0.3) is 0 Å². The highest BCUT2D eigenvalue weighted by molar-refractivity contribution is 5.95. The Balaban J connectivity index is 1.73. The number of hydrogen-bond acceptors (Lipinski definition) is 5. The molecular formula is C19H22N2O5. The topological polar surface area (TPSA) is 85.9 Å². The molecule has 138 valence electrons. The van der Waals surface area contributed by atoms with Crippen molar-refractivity contribution in [3.05, 3.63) is 48.5 Å².